The molecule has 8 heteroatoms. The lowest BCUT2D eigenvalue weighted by Gasteiger charge is -2.31. The fourth-order valence-electron chi connectivity index (χ4n) is 3.42. The van der Waals surface area contributed by atoms with Crippen LogP contribution in [0.15, 0.2) is 30.3 Å². The predicted molar refractivity (Wildman–Crippen MR) is 100 cm³/mol. The first kappa shape index (κ1) is 19.2. The summed E-state index contributed by atoms with van der Waals surface area (Å²) in [6, 6.07) is 6.84. The molecule has 2 aromatic carbocycles. The fraction of sp³-hybridized carbons (Fsp3) is 0.333. The Hall–Kier alpha value is -3.13. The maximum absolute atomic E-state index is 14.5. The summed E-state index contributed by atoms with van der Waals surface area (Å²) in [5.41, 5.74) is 0.685. The predicted octanol–water partition coefficient (Wildman–Crippen LogP) is 3.11. The Morgan fingerprint density at radius 3 is 2.69 bits per heavy atom. The van der Waals surface area contributed by atoms with Crippen molar-refractivity contribution >= 4 is 11.9 Å². The molecule has 1 unspecified atom stereocenters. The lowest BCUT2D eigenvalue weighted by atomic mass is 10.1. The fourth-order valence-corrected chi connectivity index (χ4v) is 3.42. The third-order valence-electron chi connectivity index (χ3n) is 5.04. The molecule has 0 aliphatic carbocycles. The standard InChI is InChI=1S/C21H20FNO6/c1-27-11-14-9-16-18(7-12(21(25)26)8-19(16)29-14)28-13-3-4-15(17(22)10-13)20(24)23-5-2-6-23/h3-4,7-8,10,14H,2,5-6,9,11H2,1H3,(H,25,26). The number of hydrogen-bond donors (Lipinski definition) is 1. The van der Waals surface area contributed by atoms with Gasteiger partial charge in [0.05, 0.1) is 17.7 Å². The second-order valence-corrected chi connectivity index (χ2v) is 7.05. The zero-order valence-electron chi connectivity index (χ0n) is 15.8. The lowest BCUT2D eigenvalue weighted by molar-refractivity contribution is 0.0645. The van der Waals surface area contributed by atoms with Gasteiger partial charge in [0.1, 0.15) is 29.2 Å². The van der Waals surface area contributed by atoms with Gasteiger partial charge in [0.2, 0.25) is 0 Å². The van der Waals surface area contributed by atoms with Crippen LogP contribution in [-0.2, 0) is 11.2 Å². The van der Waals surface area contributed by atoms with E-state index in [1.54, 1.807) is 12.0 Å². The number of carbonyl (C=O) groups is 2. The van der Waals surface area contributed by atoms with Gasteiger partial charge in [0.25, 0.3) is 5.91 Å². The first-order chi connectivity index (χ1) is 14.0. The smallest absolute Gasteiger partial charge is 0.335 e. The van der Waals surface area contributed by atoms with Crippen molar-refractivity contribution in [1.82, 2.24) is 4.90 Å². The maximum atomic E-state index is 14.5. The summed E-state index contributed by atoms with van der Waals surface area (Å²) >= 11 is 0. The topological polar surface area (TPSA) is 85.3 Å². The van der Waals surface area contributed by atoms with Gasteiger partial charge in [0.15, 0.2) is 0 Å². The summed E-state index contributed by atoms with van der Waals surface area (Å²) in [4.78, 5) is 25.3. The van der Waals surface area contributed by atoms with Crippen molar-refractivity contribution in [2.24, 2.45) is 0 Å². The average Bonchev–Trinajstić information content (AvgIpc) is 3.03. The van der Waals surface area contributed by atoms with Gasteiger partial charge < -0.3 is 24.2 Å². The van der Waals surface area contributed by atoms with E-state index in [-0.39, 0.29) is 34.6 Å². The highest BCUT2D eigenvalue weighted by molar-refractivity contribution is 5.95. The van der Waals surface area contributed by atoms with Gasteiger partial charge in [-0.25, -0.2) is 9.18 Å². The van der Waals surface area contributed by atoms with Gasteiger partial charge in [0, 0.05) is 38.2 Å². The zero-order valence-corrected chi connectivity index (χ0v) is 15.8. The minimum absolute atomic E-state index is 0.00173. The van der Waals surface area contributed by atoms with Crippen LogP contribution in [0.25, 0.3) is 0 Å². The Morgan fingerprint density at radius 1 is 1.28 bits per heavy atom. The van der Waals surface area contributed by atoms with Crippen LogP contribution in [0.3, 0.4) is 0 Å². The van der Waals surface area contributed by atoms with E-state index < -0.39 is 11.8 Å². The van der Waals surface area contributed by atoms with Crippen molar-refractivity contribution in [2.75, 3.05) is 26.8 Å². The van der Waals surface area contributed by atoms with Crippen molar-refractivity contribution in [3.05, 3.63) is 52.8 Å². The average molecular weight is 401 g/mol. The number of nitrogens with zero attached hydrogens (tertiary/aromatic N) is 1. The molecule has 0 radical (unpaired) electrons. The summed E-state index contributed by atoms with van der Waals surface area (Å²) in [5, 5.41) is 9.36. The molecule has 1 amide bonds. The number of aromatic carboxylic acids is 1. The molecule has 0 saturated carbocycles. The third-order valence-corrected chi connectivity index (χ3v) is 5.04. The Labute approximate surface area is 166 Å². The summed E-state index contributed by atoms with van der Waals surface area (Å²) in [6.07, 6.45) is 1.15. The molecule has 152 valence electrons. The molecule has 0 bridgehead atoms. The second kappa shape index (κ2) is 7.71. The Balaban J connectivity index is 1.61. The number of likely N-dealkylation sites (tertiary alicyclic amines) is 1. The van der Waals surface area contributed by atoms with Crippen LogP contribution in [0.5, 0.6) is 17.2 Å². The number of halogens is 1. The SMILES string of the molecule is COCC1Cc2c(Oc3ccc(C(=O)N4CCC4)c(F)c3)cc(C(=O)O)cc2O1. The van der Waals surface area contributed by atoms with E-state index in [1.165, 1.54) is 24.3 Å². The van der Waals surface area contributed by atoms with Crippen molar-refractivity contribution in [2.45, 2.75) is 18.9 Å². The molecule has 4 rings (SSSR count). The normalized spacial score (nSPS) is 17.3. The number of rotatable bonds is 6. The number of carbonyl (C=O) groups excluding carboxylic acids is 1. The van der Waals surface area contributed by atoms with Crippen LogP contribution in [0.4, 0.5) is 4.39 Å². The van der Waals surface area contributed by atoms with Gasteiger partial charge in [-0.15, -0.1) is 0 Å². The highest BCUT2D eigenvalue weighted by atomic mass is 19.1. The van der Waals surface area contributed by atoms with Crippen LogP contribution in [0.2, 0.25) is 0 Å². The molecule has 1 atom stereocenters. The number of hydrogen-bond acceptors (Lipinski definition) is 5. The van der Waals surface area contributed by atoms with E-state index in [0.29, 0.717) is 37.4 Å². The molecule has 7 nitrogen and oxygen atoms in total. The maximum Gasteiger partial charge on any atom is 0.335 e. The number of amides is 1. The Bertz CT molecular complexity index is 972. The quantitative estimate of drug-likeness (QED) is 0.801. The highest BCUT2D eigenvalue weighted by Crippen LogP contribution is 2.40. The molecule has 1 N–H and O–H groups in total. The molecule has 29 heavy (non-hydrogen) atoms. The molecule has 1 fully saturated rings. The van der Waals surface area contributed by atoms with Gasteiger partial charge in [-0.1, -0.05) is 0 Å². The first-order valence-electron chi connectivity index (χ1n) is 9.28. The van der Waals surface area contributed by atoms with Crippen LogP contribution in [0.1, 0.15) is 32.7 Å². The first-order valence-corrected chi connectivity index (χ1v) is 9.28. The van der Waals surface area contributed by atoms with Crippen molar-refractivity contribution in [3.63, 3.8) is 0 Å². The molecule has 1 saturated heterocycles. The monoisotopic (exact) mass is 401 g/mol. The molecule has 2 aromatic rings. The minimum atomic E-state index is -1.13. The van der Waals surface area contributed by atoms with E-state index in [0.717, 1.165) is 12.5 Å². The number of fused-ring (bicyclic) bond motifs is 1. The molecular formula is C21H20FNO6. The van der Waals surface area contributed by atoms with E-state index in [1.807, 2.05) is 0 Å². The van der Waals surface area contributed by atoms with E-state index in [4.69, 9.17) is 14.2 Å². The summed E-state index contributed by atoms with van der Waals surface area (Å²) in [7, 11) is 1.55. The van der Waals surface area contributed by atoms with Crippen molar-refractivity contribution < 1.29 is 33.3 Å². The van der Waals surface area contributed by atoms with E-state index in [2.05, 4.69) is 0 Å². The van der Waals surface area contributed by atoms with Crippen LogP contribution in [-0.4, -0.2) is 54.8 Å². The van der Waals surface area contributed by atoms with Crippen LogP contribution < -0.4 is 9.47 Å². The van der Waals surface area contributed by atoms with Crippen LogP contribution >= 0.6 is 0 Å². The van der Waals surface area contributed by atoms with Crippen molar-refractivity contribution in [3.8, 4) is 17.2 Å². The third kappa shape index (κ3) is 3.75. The van der Waals surface area contributed by atoms with E-state index >= 15 is 0 Å². The molecular weight excluding hydrogens is 381 g/mol. The molecule has 2 aliphatic rings. The number of ether oxygens (including phenoxy) is 3. The minimum Gasteiger partial charge on any atom is -0.487 e. The second-order valence-electron chi connectivity index (χ2n) is 7.05. The summed E-state index contributed by atoms with van der Waals surface area (Å²) in [6.45, 7) is 1.61. The molecule has 0 aromatic heterocycles. The van der Waals surface area contributed by atoms with Crippen LogP contribution in [0, 0.1) is 5.82 Å². The number of methoxy groups -OCH3 is 1. The number of benzene rings is 2. The van der Waals surface area contributed by atoms with Crippen molar-refractivity contribution in [1.29, 1.82) is 0 Å². The molecule has 2 heterocycles. The zero-order chi connectivity index (χ0) is 20.5. The molecule has 0 spiro atoms. The summed E-state index contributed by atoms with van der Waals surface area (Å²) < 4.78 is 31.2. The molecule has 2 aliphatic heterocycles. The Morgan fingerprint density at radius 2 is 2.07 bits per heavy atom. The Kier molecular flexibility index (Phi) is 5.10. The van der Waals surface area contributed by atoms with E-state index in [9.17, 15) is 19.1 Å². The lowest BCUT2D eigenvalue weighted by Crippen LogP contribution is -2.42. The van der Waals surface area contributed by atoms with Gasteiger partial charge >= 0.3 is 5.97 Å². The largest absolute Gasteiger partial charge is 0.487 e. The van der Waals surface area contributed by atoms with Gasteiger partial charge in [-0.05, 0) is 30.7 Å². The number of carboxylic acids is 1. The summed E-state index contributed by atoms with van der Waals surface area (Å²) in [5.74, 6) is -1.30. The van der Waals surface area contributed by atoms with Gasteiger partial charge in [-0.2, -0.15) is 0 Å². The highest BCUT2D eigenvalue weighted by Gasteiger charge is 2.29. The number of carboxylic acid groups (broad SMARTS) is 1. The van der Waals surface area contributed by atoms with Gasteiger partial charge in [-0.3, -0.25) is 4.79 Å².